The van der Waals surface area contributed by atoms with Crippen LogP contribution in [0.3, 0.4) is 0 Å². The number of aliphatic hydroxyl groups excluding tert-OH is 3. The molecule has 1 fully saturated rings. The highest BCUT2D eigenvalue weighted by molar-refractivity contribution is 7.85. The third-order valence-electron chi connectivity index (χ3n) is 5.54. The molecule has 172 valence electrons. The molecule has 7 nitrogen and oxygen atoms in total. The molecule has 4 rings (SSSR count). The molecular weight excluding hydrogens is 440 g/mol. The maximum atomic E-state index is 12.7. The maximum Gasteiger partial charge on any atom is 0.138 e. The van der Waals surface area contributed by atoms with Crippen LogP contribution in [0.2, 0.25) is 0 Å². The summed E-state index contributed by atoms with van der Waals surface area (Å²) in [5.41, 5.74) is 2.77. The summed E-state index contributed by atoms with van der Waals surface area (Å²) in [6, 6.07) is 14.7. The highest BCUT2D eigenvalue weighted by atomic mass is 32.2. The number of hydrogen-bond donors (Lipinski definition) is 3. The van der Waals surface area contributed by atoms with Gasteiger partial charge in [-0.05, 0) is 42.3 Å². The first-order chi connectivity index (χ1) is 16.0. The summed E-state index contributed by atoms with van der Waals surface area (Å²) in [4.78, 5) is 4.79. The van der Waals surface area contributed by atoms with Gasteiger partial charge in [0.15, 0.2) is 0 Å². The van der Waals surface area contributed by atoms with Gasteiger partial charge < -0.3 is 24.6 Å². The standard InChI is InChI=1S/C25H26N2O5S/c1-17(29)25-26-12-13-27(25)21(14-28)9-4-18-2-5-19(6-3-18)20-7-10-22(11-8-20)33(31)24-16-32-15-23(24)30/h2-3,5-8,10-13,17,21,23-24,28-30H,14-16H2,1H3. The van der Waals surface area contributed by atoms with E-state index in [2.05, 4.69) is 16.8 Å². The largest absolute Gasteiger partial charge is 0.393 e. The van der Waals surface area contributed by atoms with Gasteiger partial charge in [-0.25, -0.2) is 4.98 Å². The fourth-order valence-corrected chi connectivity index (χ4v) is 5.05. The number of benzene rings is 2. The summed E-state index contributed by atoms with van der Waals surface area (Å²) in [7, 11) is -1.32. The highest BCUT2D eigenvalue weighted by Gasteiger charge is 2.32. The molecule has 0 radical (unpaired) electrons. The van der Waals surface area contributed by atoms with Crippen molar-refractivity contribution in [1.82, 2.24) is 9.55 Å². The van der Waals surface area contributed by atoms with E-state index in [1.807, 2.05) is 48.5 Å². The van der Waals surface area contributed by atoms with Crippen LogP contribution in [-0.2, 0) is 15.5 Å². The molecule has 1 saturated heterocycles. The zero-order valence-corrected chi connectivity index (χ0v) is 19.0. The quantitative estimate of drug-likeness (QED) is 0.481. The van der Waals surface area contributed by atoms with E-state index in [1.165, 1.54) is 0 Å². The Hall–Kier alpha value is -2.80. The summed E-state index contributed by atoms with van der Waals surface area (Å²) in [5, 5.41) is 29.1. The normalized spacial score (nSPS) is 20.6. The van der Waals surface area contributed by atoms with E-state index < -0.39 is 34.3 Å². The van der Waals surface area contributed by atoms with Gasteiger partial charge in [-0.3, -0.25) is 4.21 Å². The van der Waals surface area contributed by atoms with E-state index in [4.69, 9.17) is 4.74 Å². The van der Waals surface area contributed by atoms with Gasteiger partial charge in [-0.15, -0.1) is 0 Å². The number of rotatable bonds is 6. The van der Waals surface area contributed by atoms with Crippen molar-refractivity contribution in [2.24, 2.45) is 0 Å². The van der Waals surface area contributed by atoms with Crippen LogP contribution in [0.15, 0.2) is 65.8 Å². The molecule has 2 aromatic carbocycles. The minimum Gasteiger partial charge on any atom is -0.393 e. The van der Waals surface area contributed by atoms with Gasteiger partial charge in [0.25, 0.3) is 0 Å². The predicted molar refractivity (Wildman–Crippen MR) is 125 cm³/mol. The molecule has 1 aliphatic heterocycles. The Labute approximate surface area is 195 Å². The molecule has 0 spiro atoms. The van der Waals surface area contributed by atoms with Gasteiger partial charge in [-0.2, -0.15) is 0 Å². The topological polar surface area (TPSA) is 105 Å². The molecule has 33 heavy (non-hydrogen) atoms. The van der Waals surface area contributed by atoms with E-state index in [-0.39, 0.29) is 13.2 Å². The second-order valence-corrected chi connectivity index (χ2v) is 9.55. The summed E-state index contributed by atoms with van der Waals surface area (Å²) in [5.74, 6) is 6.57. The molecule has 3 N–H and O–H groups in total. The van der Waals surface area contributed by atoms with E-state index in [0.29, 0.717) is 17.3 Å². The van der Waals surface area contributed by atoms with Crippen molar-refractivity contribution in [1.29, 1.82) is 0 Å². The zero-order valence-electron chi connectivity index (χ0n) is 18.2. The monoisotopic (exact) mass is 466 g/mol. The van der Waals surface area contributed by atoms with Crippen LogP contribution in [0.25, 0.3) is 11.1 Å². The molecule has 0 saturated carbocycles. The Morgan fingerprint density at radius 1 is 1.15 bits per heavy atom. The molecule has 2 heterocycles. The molecule has 5 atom stereocenters. The number of aromatic nitrogens is 2. The summed E-state index contributed by atoms with van der Waals surface area (Å²) in [6.07, 6.45) is 1.82. The van der Waals surface area contributed by atoms with Crippen molar-refractivity contribution in [3.8, 4) is 23.0 Å². The molecule has 3 aromatic rings. The number of nitrogens with zero attached hydrogens (tertiary/aromatic N) is 2. The number of aliphatic hydroxyl groups is 3. The first kappa shape index (κ1) is 23.4. The van der Waals surface area contributed by atoms with Crippen LogP contribution >= 0.6 is 0 Å². The van der Waals surface area contributed by atoms with Crippen molar-refractivity contribution in [3.63, 3.8) is 0 Å². The van der Waals surface area contributed by atoms with Crippen LogP contribution in [0.5, 0.6) is 0 Å². The van der Waals surface area contributed by atoms with E-state index in [1.54, 1.807) is 23.9 Å². The van der Waals surface area contributed by atoms with Gasteiger partial charge in [-0.1, -0.05) is 36.1 Å². The Morgan fingerprint density at radius 2 is 1.82 bits per heavy atom. The van der Waals surface area contributed by atoms with Crippen molar-refractivity contribution >= 4 is 10.8 Å². The van der Waals surface area contributed by atoms with Gasteiger partial charge in [0, 0.05) is 22.9 Å². The summed E-state index contributed by atoms with van der Waals surface area (Å²) in [6.45, 7) is 1.96. The minimum absolute atomic E-state index is 0.196. The average molecular weight is 467 g/mol. The van der Waals surface area contributed by atoms with Crippen molar-refractivity contribution < 1.29 is 24.3 Å². The Kier molecular flexibility index (Phi) is 7.38. The van der Waals surface area contributed by atoms with E-state index >= 15 is 0 Å². The van der Waals surface area contributed by atoms with Crippen LogP contribution in [0.4, 0.5) is 0 Å². The van der Waals surface area contributed by atoms with Crippen LogP contribution in [0.1, 0.15) is 30.5 Å². The highest BCUT2D eigenvalue weighted by Crippen LogP contribution is 2.24. The molecule has 8 heteroatoms. The molecule has 0 aliphatic carbocycles. The molecule has 0 bridgehead atoms. The first-order valence-corrected chi connectivity index (χ1v) is 11.9. The van der Waals surface area contributed by atoms with Crippen molar-refractivity contribution in [3.05, 3.63) is 72.3 Å². The summed E-state index contributed by atoms with van der Waals surface area (Å²) >= 11 is 0. The lowest BCUT2D eigenvalue weighted by Crippen LogP contribution is -2.28. The number of hydrogen-bond acceptors (Lipinski definition) is 6. The minimum atomic E-state index is -1.32. The third kappa shape index (κ3) is 5.24. The second kappa shape index (κ2) is 10.4. The second-order valence-electron chi connectivity index (χ2n) is 7.88. The lowest BCUT2D eigenvalue weighted by Gasteiger charge is -2.14. The molecule has 5 unspecified atom stereocenters. The lowest BCUT2D eigenvalue weighted by molar-refractivity contribution is 0.127. The van der Waals surface area contributed by atoms with Crippen molar-refractivity contribution in [2.75, 3.05) is 19.8 Å². The third-order valence-corrected chi connectivity index (χ3v) is 7.28. The lowest BCUT2D eigenvalue weighted by atomic mass is 10.0. The molecule has 1 aromatic heterocycles. The van der Waals surface area contributed by atoms with E-state index in [9.17, 15) is 19.5 Å². The number of ether oxygens (including phenoxy) is 1. The van der Waals surface area contributed by atoms with Gasteiger partial charge in [0.2, 0.25) is 0 Å². The molecular formula is C25H26N2O5S. The smallest absolute Gasteiger partial charge is 0.138 e. The van der Waals surface area contributed by atoms with Gasteiger partial charge in [0.1, 0.15) is 18.0 Å². The first-order valence-electron chi connectivity index (χ1n) is 10.7. The fourth-order valence-electron chi connectivity index (χ4n) is 3.71. The SMILES string of the molecule is CC(O)c1nccn1C(C#Cc1ccc(-c2ccc(S(=O)C3COCC3O)cc2)cc1)CO. The fraction of sp³-hybridized carbons (Fsp3) is 0.320. The molecule has 1 aliphatic rings. The van der Waals surface area contributed by atoms with E-state index in [0.717, 1.165) is 16.7 Å². The Bertz CT molecular complexity index is 1160. The molecule has 0 amide bonds. The summed E-state index contributed by atoms with van der Waals surface area (Å²) < 4.78 is 19.5. The Balaban J connectivity index is 1.46. The van der Waals surface area contributed by atoms with Crippen LogP contribution < -0.4 is 0 Å². The number of imidazole rings is 1. The average Bonchev–Trinajstić information content (AvgIpc) is 3.49. The maximum absolute atomic E-state index is 12.7. The van der Waals surface area contributed by atoms with Crippen LogP contribution in [-0.4, -0.2) is 60.3 Å². The predicted octanol–water partition coefficient (Wildman–Crippen LogP) is 2.06. The van der Waals surface area contributed by atoms with Gasteiger partial charge >= 0.3 is 0 Å². The van der Waals surface area contributed by atoms with Crippen LogP contribution in [0, 0.1) is 11.8 Å². The van der Waals surface area contributed by atoms with Gasteiger partial charge in [0.05, 0.1) is 42.0 Å². The zero-order chi connectivity index (χ0) is 23.4. The van der Waals surface area contributed by atoms with Crippen molar-refractivity contribution in [2.45, 2.75) is 35.3 Å². The Morgan fingerprint density at radius 3 is 2.39 bits per heavy atom.